The first-order valence-corrected chi connectivity index (χ1v) is 7.80. The van der Waals surface area contributed by atoms with Crippen molar-refractivity contribution >= 4 is 31.0 Å². The summed E-state index contributed by atoms with van der Waals surface area (Å²) >= 11 is 0. The molecule has 0 aliphatic heterocycles. The number of hydrogen-bond donors (Lipinski definition) is 2. The van der Waals surface area contributed by atoms with Crippen LogP contribution in [-0.4, -0.2) is 22.0 Å². The van der Waals surface area contributed by atoms with Crippen LogP contribution in [-0.2, 0) is 20.0 Å². The molecule has 18 heavy (non-hydrogen) atoms. The van der Waals surface area contributed by atoms with Crippen LogP contribution in [0.3, 0.4) is 0 Å². The first-order valence-electron chi connectivity index (χ1n) is 4.59. The van der Waals surface area contributed by atoms with Crippen molar-refractivity contribution < 1.29 is 21.4 Å². The van der Waals surface area contributed by atoms with E-state index in [1.165, 1.54) is 12.1 Å². The molecule has 1 aromatic carbocycles. The molecule has 2 aromatic rings. The van der Waals surface area contributed by atoms with E-state index in [4.69, 9.17) is 14.8 Å². The van der Waals surface area contributed by atoms with Gasteiger partial charge in [-0.15, -0.1) is 0 Å². The van der Waals surface area contributed by atoms with Crippen LogP contribution in [0.25, 0.3) is 11.0 Å². The van der Waals surface area contributed by atoms with Crippen molar-refractivity contribution in [2.24, 2.45) is 10.3 Å². The van der Waals surface area contributed by atoms with Crippen LogP contribution in [0, 0.1) is 0 Å². The maximum Gasteiger partial charge on any atom is 0.235 e. The van der Waals surface area contributed by atoms with Crippen LogP contribution in [0.1, 0.15) is 10.3 Å². The van der Waals surface area contributed by atoms with Gasteiger partial charge < -0.3 is 4.52 Å². The lowest BCUT2D eigenvalue weighted by Crippen LogP contribution is -2.33. The molecule has 0 amide bonds. The van der Waals surface area contributed by atoms with Crippen LogP contribution in [0.15, 0.2) is 28.8 Å². The van der Waals surface area contributed by atoms with E-state index in [0.29, 0.717) is 0 Å². The third-order valence-corrected chi connectivity index (χ3v) is 5.47. The molecule has 1 heterocycles. The molecule has 4 N–H and O–H groups in total. The molecule has 0 aliphatic rings. The summed E-state index contributed by atoms with van der Waals surface area (Å²) in [5.41, 5.74) is -0.0969. The van der Waals surface area contributed by atoms with Crippen molar-refractivity contribution in [1.29, 1.82) is 0 Å². The van der Waals surface area contributed by atoms with Crippen LogP contribution >= 0.6 is 0 Å². The highest BCUT2D eigenvalue weighted by Gasteiger charge is 2.38. The van der Waals surface area contributed by atoms with Gasteiger partial charge in [0.05, 0.1) is 0 Å². The maximum absolute atomic E-state index is 11.4. The molecule has 98 valence electrons. The van der Waals surface area contributed by atoms with Gasteiger partial charge in [0.15, 0.2) is 5.58 Å². The predicted molar refractivity (Wildman–Crippen MR) is 63.0 cm³/mol. The minimum absolute atomic E-state index is 0.227. The molecular formula is C8H9N3O5S2. The van der Waals surface area contributed by atoms with Gasteiger partial charge in [0.1, 0.15) is 5.69 Å². The second-order valence-electron chi connectivity index (χ2n) is 3.57. The second-order valence-corrected chi connectivity index (χ2v) is 7.17. The van der Waals surface area contributed by atoms with Crippen molar-refractivity contribution in [1.82, 2.24) is 5.16 Å². The molecule has 0 fully saturated rings. The average Bonchev–Trinajstić information content (AvgIpc) is 2.58. The zero-order valence-corrected chi connectivity index (χ0v) is 10.5. The molecule has 10 heteroatoms. The second kappa shape index (κ2) is 4.02. The number of primary sulfonamides is 2. The highest BCUT2D eigenvalue weighted by molar-refractivity contribution is 8.06. The predicted octanol–water partition coefficient (Wildman–Crippen LogP) is -0.597. The van der Waals surface area contributed by atoms with E-state index in [-0.39, 0.29) is 16.7 Å². The van der Waals surface area contributed by atoms with Crippen molar-refractivity contribution in [3.63, 3.8) is 0 Å². The normalized spacial score (nSPS) is 13.3. The Morgan fingerprint density at radius 2 is 1.61 bits per heavy atom. The molecule has 0 bridgehead atoms. The maximum atomic E-state index is 11.4. The first kappa shape index (κ1) is 13.0. The molecule has 0 atom stereocenters. The zero-order valence-electron chi connectivity index (χ0n) is 8.85. The Bertz CT molecular complexity index is 761. The summed E-state index contributed by atoms with van der Waals surface area (Å²) in [6.07, 6.45) is 0. The first-order chi connectivity index (χ1) is 8.21. The largest absolute Gasteiger partial charge is 0.356 e. The standard InChI is InChI=1S/C8H9N3O5S2/c9-17(12,13)8(18(10,14)15)7-5-3-1-2-4-6(5)16-11-7/h1-4,8H,(H2,9,12,13)(H2,10,14,15). The molecular weight excluding hydrogens is 282 g/mol. The SMILES string of the molecule is NS(=O)(=O)C(c1noc2ccccc12)S(N)(=O)=O. The van der Waals surface area contributed by atoms with Gasteiger partial charge in [-0.05, 0) is 12.1 Å². The lowest BCUT2D eigenvalue weighted by molar-refractivity contribution is 0.447. The highest BCUT2D eigenvalue weighted by atomic mass is 32.3. The molecule has 0 unspecified atom stereocenters. The quantitative estimate of drug-likeness (QED) is 0.772. The molecule has 1 aromatic heterocycles. The van der Waals surface area contributed by atoms with E-state index >= 15 is 0 Å². The summed E-state index contributed by atoms with van der Waals surface area (Å²) in [7, 11) is -8.95. The summed E-state index contributed by atoms with van der Waals surface area (Å²) in [4.78, 5) is 0. The van der Waals surface area contributed by atoms with E-state index in [1.54, 1.807) is 12.1 Å². The van der Waals surface area contributed by atoms with E-state index in [9.17, 15) is 16.8 Å². The Kier molecular flexibility index (Phi) is 2.89. The van der Waals surface area contributed by atoms with Crippen molar-refractivity contribution in [2.45, 2.75) is 4.58 Å². The number of benzene rings is 1. The number of hydrogen-bond acceptors (Lipinski definition) is 6. The summed E-state index contributed by atoms with van der Waals surface area (Å²) in [6, 6.07) is 6.17. The van der Waals surface area contributed by atoms with Crippen LogP contribution in [0.2, 0.25) is 0 Å². The van der Waals surface area contributed by atoms with Crippen LogP contribution in [0.4, 0.5) is 0 Å². The number of rotatable bonds is 3. The number of nitrogens with zero attached hydrogens (tertiary/aromatic N) is 1. The average molecular weight is 291 g/mol. The Morgan fingerprint density at radius 1 is 1.06 bits per heavy atom. The molecule has 0 aliphatic carbocycles. The van der Waals surface area contributed by atoms with Gasteiger partial charge in [-0.3, -0.25) is 0 Å². The van der Waals surface area contributed by atoms with Gasteiger partial charge in [0, 0.05) is 5.39 Å². The lowest BCUT2D eigenvalue weighted by atomic mass is 10.2. The van der Waals surface area contributed by atoms with Gasteiger partial charge in [0.2, 0.25) is 24.6 Å². The van der Waals surface area contributed by atoms with Gasteiger partial charge in [0.25, 0.3) is 0 Å². The Balaban J connectivity index is 2.79. The fourth-order valence-corrected chi connectivity index (χ4v) is 4.03. The van der Waals surface area contributed by atoms with Gasteiger partial charge in [-0.1, -0.05) is 17.3 Å². The molecule has 8 nitrogen and oxygen atoms in total. The van der Waals surface area contributed by atoms with Crippen LogP contribution < -0.4 is 10.3 Å². The lowest BCUT2D eigenvalue weighted by Gasteiger charge is -2.09. The number of sulfonamides is 2. The van der Waals surface area contributed by atoms with Crippen molar-refractivity contribution in [3.8, 4) is 0 Å². The number of aromatic nitrogens is 1. The van der Waals surface area contributed by atoms with Gasteiger partial charge in [-0.25, -0.2) is 27.1 Å². The topological polar surface area (TPSA) is 146 Å². The van der Waals surface area contributed by atoms with Crippen LogP contribution in [0.5, 0.6) is 0 Å². The van der Waals surface area contributed by atoms with Crippen molar-refractivity contribution in [2.75, 3.05) is 0 Å². The number of fused-ring (bicyclic) bond motifs is 1. The molecule has 0 saturated carbocycles. The minimum Gasteiger partial charge on any atom is -0.356 e. The Labute approximate surface area is 103 Å². The molecule has 0 radical (unpaired) electrons. The fourth-order valence-electron chi connectivity index (χ4n) is 1.57. The smallest absolute Gasteiger partial charge is 0.235 e. The summed E-state index contributed by atoms with van der Waals surface area (Å²) < 4.78 is 48.1. The number of nitrogens with two attached hydrogens (primary N) is 2. The Hall–Kier alpha value is -1.49. The fraction of sp³-hybridized carbons (Fsp3) is 0.125. The minimum atomic E-state index is -4.47. The highest BCUT2D eigenvalue weighted by Crippen LogP contribution is 2.30. The summed E-state index contributed by atoms with van der Waals surface area (Å²) in [6.45, 7) is 0. The van der Waals surface area contributed by atoms with Gasteiger partial charge in [-0.2, -0.15) is 0 Å². The zero-order chi connectivity index (χ0) is 13.6. The van der Waals surface area contributed by atoms with Gasteiger partial charge >= 0.3 is 0 Å². The summed E-state index contributed by atoms with van der Waals surface area (Å²) in [5, 5.41) is 13.4. The van der Waals surface area contributed by atoms with E-state index in [0.717, 1.165) is 0 Å². The van der Waals surface area contributed by atoms with Crippen molar-refractivity contribution in [3.05, 3.63) is 30.0 Å². The van der Waals surface area contributed by atoms with E-state index < -0.39 is 24.6 Å². The molecule has 0 saturated heterocycles. The van der Waals surface area contributed by atoms with E-state index in [2.05, 4.69) is 5.16 Å². The third kappa shape index (κ3) is 2.22. The number of para-hydroxylation sites is 1. The van der Waals surface area contributed by atoms with E-state index in [1.807, 2.05) is 0 Å². The monoisotopic (exact) mass is 291 g/mol. The summed E-state index contributed by atoms with van der Waals surface area (Å²) in [5.74, 6) is 0. The third-order valence-electron chi connectivity index (χ3n) is 2.23. The Morgan fingerprint density at radius 3 is 2.17 bits per heavy atom. The molecule has 0 spiro atoms. The molecule has 2 rings (SSSR count).